The second-order valence-corrected chi connectivity index (χ2v) is 7.01. The lowest BCUT2D eigenvalue weighted by Gasteiger charge is -2.32. The Bertz CT molecular complexity index is 527. The summed E-state index contributed by atoms with van der Waals surface area (Å²) in [5.74, 6) is 0. The number of likely N-dealkylation sites (N-methyl/N-ethyl adjacent to an activating group) is 1. The van der Waals surface area contributed by atoms with Gasteiger partial charge < -0.3 is 5.73 Å². The quantitative estimate of drug-likeness (QED) is 0.833. The van der Waals surface area contributed by atoms with Crippen LogP contribution in [-0.2, 0) is 6.54 Å². The van der Waals surface area contributed by atoms with Crippen LogP contribution in [0, 0.1) is 0 Å². The molecule has 2 nitrogen and oxygen atoms in total. The number of hydrogen-bond acceptors (Lipinski definition) is 3. The minimum Gasteiger partial charge on any atom is -0.326 e. The molecule has 0 radical (unpaired) electrons. The van der Waals surface area contributed by atoms with Crippen LogP contribution in [0.1, 0.15) is 29.8 Å². The molecule has 0 saturated heterocycles. The predicted octanol–water partition coefficient (Wildman–Crippen LogP) is 4.42. The van der Waals surface area contributed by atoms with Gasteiger partial charge in [-0.15, -0.1) is 11.3 Å². The molecule has 2 N–H and O–H groups in total. The molecule has 2 atom stereocenters. The van der Waals surface area contributed by atoms with Crippen LogP contribution in [0.25, 0.3) is 0 Å². The van der Waals surface area contributed by atoms with Crippen molar-refractivity contribution in [3.63, 3.8) is 0 Å². The number of rotatable bonds is 6. The molecule has 0 saturated carbocycles. The Morgan fingerprint density at radius 3 is 2.70 bits per heavy atom. The molecule has 0 aliphatic carbocycles. The van der Waals surface area contributed by atoms with E-state index in [4.69, 9.17) is 5.73 Å². The number of nitrogens with two attached hydrogens (primary N) is 1. The molecule has 0 amide bonds. The molecule has 108 valence electrons. The highest BCUT2D eigenvalue weighted by Crippen LogP contribution is 2.28. The molecule has 1 aromatic carbocycles. The van der Waals surface area contributed by atoms with E-state index in [-0.39, 0.29) is 12.1 Å². The zero-order valence-corrected chi connectivity index (χ0v) is 14.3. The molecule has 1 aromatic heterocycles. The van der Waals surface area contributed by atoms with E-state index >= 15 is 0 Å². The van der Waals surface area contributed by atoms with Crippen LogP contribution in [-0.4, -0.2) is 18.0 Å². The van der Waals surface area contributed by atoms with Gasteiger partial charge in [0.15, 0.2) is 0 Å². The summed E-state index contributed by atoms with van der Waals surface area (Å²) in [4.78, 5) is 3.72. The number of thiophene rings is 1. The summed E-state index contributed by atoms with van der Waals surface area (Å²) < 4.78 is 1.10. The summed E-state index contributed by atoms with van der Waals surface area (Å²) in [6.07, 6.45) is 0.964. The summed E-state index contributed by atoms with van der Waals surface area (Å²) in [6, 6.07) is 13.1. The first-order valence-electron chi connectivity index (χ1n) is 6.85. The Kier molecular flexibility index (Phi) is 5.78. The minimum absolute atomic E-state index is 0.134. The topological polar surface area (TPSA) is 29.3 Å². The van der Waals surface area contributed by atoms with E-state index in [9.17, 15) is 0 Å². The van der Waals surface area contributed by atoms with Crippen LogP contribution in [0.5, 0.6) is 0 Å². The summed E-state index contributed by atoms with van der Waals surface area (Å²) in [5, 5.41) is 2.12. The fraction of sp³-hybridized carbons (Fsp3) is 0.375. The van der Waals surface area contributed by atoms with Gasteiger partial charge in [-0.1, -0.05) is 41.1 Å². The van der Waals surface area contributed by atoms with Crippen molar-refractivity contribution in [2.45, 2.75) is 32.0 Å². The van der Waals surface area contributed by atoms with Crippen molar-refractivity contribution in [2.75, 3.05) is 7.05 Å². The molecule has 0 spiro atoms. The van der Waals surface area contributed by atoms with Crippen molar-refractivity contribution in [2.24, 2.45) is 5.73 Å². The second kappa shape index (κ2) is 7.36. The van der Waals surface area contributed by atoms with Gasteiger partial charge in [0.25, 0.3) is 0 Å². The first kappa shape index (κ1) is 15.7. The van der Waals surface area contributed by atoms with E-state index in [1.54, 1.807) is 11.3 Å². The van der Waals surface area contributed by atoms with Crippen molar-refractivity contribution in [1.82, 2.24) is 4.90 Å². The molecular weight excluding hydrogens is 332 g/mol. The fourth-order valence-electron chi connectivity index (χ4n) is 2.49. The van der Waals surface area contributed by atoms with Crippen molar-refractivity contribution in [3.8, 4) is 0 Å². The van der Waals surface area contributed by atoms with Gasteiger partial charge in [-0.25, -0.2) is 0 Å². The molecule has 0 bridgehead atoms. The lowest BCUT2D eigenvalue weighted by atomic mass is 9.96. The third kappa shape index (κ3) is 3.92. The average Bonchev–Trinajstić information content (AvgIpc) is 2.91. The zero-order valence-electron chi connectivity index (χ0n) is 11.9. The lowest BCUT2D eigenvalue weighted by Crippen LogP contribution is -2.38. The number of nitrogens with zero attached hydrogens (tertiary/aromatic N) is 1. The van der Waals surface area contributed by atoms with Gasteiger partial charge in [-0.05, 0) is 42.6 Å². The fourth-order valence-corrected chi connectivity index (χ4v) is 3.67. The zero-order chi connectivity index (χ0) is 14.5. The lowest BCUT2D eigenvalue weighted by molar-refractivity contribution is 0.203. The average molecular weight is 353 g/mol. The van der Waals surface area contributed by atoms with Gasteiger partial charge in [0.05, 0.1) is 0 Å². The Hall–Kier alpha value is -0.680. The van der Waals surface area contributed by atoms with Gasteiger partial charge >= 0.3 is 0 Å². The number of halogens is 1. The van der Waals surface area contributed by atoms with E-state index in [1.165, 1.54) is 10.4 Å². The molecule has 2 rings (SSSR count). The highest BCUT2D eigenvalue weighted by atomic mass is 79.9. The Labute approximate surface area is 133 Å². The largest absolute Gasteiger partial charge is 0.326 e. The summed E-state index contributed by atoms with van der Waals surface area (Å²) in [5.41, 5.74) is 7.65. The number of benzene rings is 1. The van der Waals surface area contributed by atoms with Crippen molar-refractivity contribution in [3.05, 3.63) is 56.7 Å². The second-order valence-electron chi connectivity index (χ2n) is 5.07. The molecule has 0 aliphatic rings. The normalized spacial score (nSPS) is 14.4. The maximum absolute atomic E-state index is 6.38. The Morgan fingerprint density at radius 2 is 2.10 bits per heavy atom. The maximum atomic E-state index is 6.38. The van der Waals surface area contributed by atoms with Gasteiger partial charge in [0.1, 0.15) is 0 Å². The third-order valence-electron chi connectivity index (χ3n) is 3.53. The van der Waals surface area contributed by atoms with Crippen LogP contribution in [0.4, 0.5) is 0 Å². The third-order valence-corrected chi connectivity index (χ3v) is 4.88. The van der Waals surface area contributed by atoms with Gasteiger partial charge in [0, 0.05) is 28.0 Å². The molecular formula is C16H21BrN2S. The van der Waals surface area contributed by atoms with Crippen LogP contribution < -0.4 is 5.73 Å². The van der Waals surface area contributed by atoms with Crippen molar-refractivity contribution < 1.29 is 0 Å². The smallest absolute Gasteiger partial charge is 0.0500 e. The molecule has 20 heavy (non-hydrogen) atoms. The van der Waals surface area contributed by atoms with Crippen LogP contribution >= 0.6 is 27.3 Å². The van der Waals surface area contributed by atoms with Crippen LogP contribution in [0.2, 0.25) is 0 Å². The van der Waals surface area contributed by atoms with E-state index in [1.807, 2.05) is 0 Å². The monoisotopic (exact) mass is 352 g/mol. The van der Waals surface area contributed by atoms with E-state index in [2.05, 4.69) is 76.6 Å². The van der Waals surface area contributed by atoms with E-state index in [0.29, 0.717) is 0 Å². The molecule has 0 aliphatic heterocycles. The van der Waals surface area contributed by atoms with Crippen LogP contribution in [0.3, 0.4) is 0 Å². The van der Waals surface area contributed by atoms with Crippen LogP contribution in [0.15, 0.2) is 46.3 Å². The SMILES string of the molecule is CCC(N)C(c1cccc(Br)c1)N(C)Cc1cccs1. The molecule has 2 aromatic rings. The maximum Gasteiger partial charge on any atom is 0.0500 e. The summed E-state index contributed by atoms with van der Waals surface area (Å²) in [6.45, 7) is 3.08. The molecule has 1 heterocycles. The molecule has 4 heteroatoms. The summed E-state index contributed by atoms with van der Waals surface area (Å²) >= 11 is 5.35. The van der Waals surface area contributed by atoms with Crippen molar-refractivity contribution >= 4 is 27.3 Å². The Morgan fingerprint density at radius 1 is 1.30 bits per heavy atom. The van der Waals surface area contributed by atoms with Gasteiger partial charge in [0.2, 0.25) is 0 Å². The number of hydrogen-bond donors (Lipinski definition) is 1. The molecule has 2 unspecified atom stereocenters. The predicted molar refractivity (Wildman–Crippen MR) is 90.9 cm³/mol. The molecule has 0 fully saturated rings. The Balaban J connectivity index is 2.23. The first-order chi connectivity index (χ1) is 9.61. The van der Waals surface area contributed by atoms with Gasteiger partial charge in [-0.2, -0.15) is 0 Å². The highest BCUT2D eigenvalue weighted by molar-refractivity contribution is 9.10. The van der Waals surface area contributed by atoms with E-state index < -0.39 is 0 Å². The first-order valence-corrected chi connectivity index (χ1v) is 8.52. The minimum atomic E-state index is 0.134. The summed E-state index contributed by atoms with van der Waals surface area (Å²) in [7, 11) is 2.15. The van der Waals surface area contributed by atoms with E-state index in [0.717, 1.165) is 17.4 Å². The van der Waals surface area contributed by atoms with Gasteiger partial charge in [-0.3, -0.25) is 4.90 Å². The highest BCUT2D eigenvalue weighted by Gasteiger charge is 2.23. The standard InChI is InChI=1S/C16H21BrN2S/c1-3-15(18)16(12-6-4-7-13(17)10-12)19(2)11-14-8-5-9-20-14/h4-10,15-16H,3,11,18H2,1-2H3. The van der Waals surface area contributed by atoms with Crippen molar-refractivity contribution in [1.29, 1.82) is 0 Å².